The molecule has 1 unspecified atom stereocenters. The third-order valence-corrected chi connectivity index (χ3v) is 6.34. The summed E-state index contributed by atoms with van der Waals surface area (Å²) in [5.41, 5.74) is 3.03. The lowest BCUT2D eigenvalue weighted by atomic mass is 9.95. The minimum absolute atomic E-state index is 0.224. The van der Waals surface area contributed by atoms with Crippen LogP contribution in [0.25, 0.3) is 0 Å². The predicted octanol–water partition coefficient (Wildman–Crippen LogP) is 5.58. The van der Waals surface area contributed by atoms with E-state index in [4.69, 9.17) is 40.2 Å². The Morgan fingerprint density at radius 2 is 1.82 bits per heavy atom. The molecule has 1 atom stereocenters. The van der Waals surface area contributed by atoms with Crippen molar-refractivity contribution in [2.24, 2.45) is 5.92 Å². The van der Waals surface area contributed by atoms with Gasteiger partial charge in [-0.25, -0.2) is 4.79 Å². The highest BCUT2D eigenvalue weighted by Gasteiger charge is 2.33. The first kappa shape index (κ1) is 25.0. The molecule has 2 aromatic carbocycles. The highest BCUT2D eigenvalue weighted by molar-refractivity contribution is 7.80. The molecule has 0 bridgehead atoms. The van der Waals surface area contributed by atoms with E-state index in [1.165, 1.54) is 6.07 Å². The monoisotopic (exact) mass is 505 g/mol. The molecule has 0 saturated carbocycles. The van der Waals surface area contributed by atoms with Crippen molar-refractivity contribution in [1.29, 1.82) is 0 Å². The molecule has 0 saturated heterocycles. The minimum Gasteiger partial charge on any atom is -0.462 e. The van der Waals surface area contributed by atoms with Gasteiger partial charge >= 0.3 is 5.97 Å². The molecule has 1 amide bonds. The molecule has 3 rings (SSSR count). The van der Waals surface area contributed by atoms with Crippen LogP contribution in [0.4, 0.5) is 5.69 Å². The molecule has 33 heavy (non-hydrogen) atoms. The quantitative estimate of drug-likeness (QED) is 0.394. The summed E-state index contributed by atoms with van der Waals surface area (Å²) in [6.45, 7) is 6.14. The predicted molar refractivity (Wildman–Crippen MR) is 136 cm³/mol. The number of rotatable bonds is 6. The lowest BCUT2D eigenvalue weighted by Crippen LogP contribution is -2.46. The van der Waals surface area contributed by atoms with E-state index in [2.05, 4.69) is 10.6 Å². The first-order chi connectivity index (χ1) is 15.6. The molecule has 2 aromatic rings. The number of hydrogen-bond donors (Lipinski definition) is 2. The molecule has 0 radical (unpaired) electrons. The molecular formula is C24H25Cl2N3O3S. The second-order valence-corrected chi connectivity index (χ2v) is 9.34. The van der Waals surface area contributed by atoms with Gasteiger partial charge in [0.05, 0.1) is 28.3 Å². The van der Waals surface area contributed by atoms with Crippen LogP contribution in [0.3, 0.4) is 0 Å². The van der Waals surface area contributed by atoms with Crippen LogP contribution >= 0.6 is 35.4 Å². The van der Waals surface area contributed by atoms with Crippen molar-refractivity contribution in [3.8, 4) is 0 Å². The van der Waals surface area contributed by atoms with E-state index >= 15 is 0 Å². The SMILES string of the molecule is CC1=C(C(=O)OCC(C)C)C(c2ccc(NC(=O)c3ccc(Cl)c(Cl)c3)cc2)NC(=S)N1C. The first-order valence-corrected chi connectivity index (χ1v) is 11.5. The maximum atomic E-state index is 12.9. The van der Waals surface area contributed by atoms with Crippen LogP contribution in [-0.4, -0.2) is 35.5 Å². The highest BCUT2D eigenvalue weighted by Crippen LogP contribution is 2.31. The van der Waals surface area contributed by atoms with Crippen LogP contribution in [0, 0.1) is 5.92 Å². The molecule has 1 aliphatic heterocycles. The lowest BCUT2D eigenvalue weighted by Gasteiger charge is -2.35. The zero-order valence-corrected chi connectivity index (χ0v) is 21.1. The van der Waals surface area contributed by atoms with Crippen molar-refractivity contribution in [3.63, 3.8) is 0 Å². The van der Waals surface area contributed by atoms with Crippen molar-refractivity contribution in [3.05, 3.63) is 74.9 Å². The van der Waals surface area contributed by atoms with Crippen molar-refractivity contribution in [2.45, 2.75) is 26.8 Å². The number of halogens is 2. The summed E-state index contributed by atoms with van der Waals surface area (Å²) in [6.07, 6.45) is 0. The van der Waals surface area contributed by atoms with Gasteiger partial charge in [-0.1, -0.05) is 49.2 Å². The summed E-state index contributed by atoms with van der Waals surface area (Å²) in [6, 6.07) is 11.4. The Bertz CT molecular complexity index is 1120. The fourth-order valence-electron chi connectivity index (χ4n) is 3.27. The van der Waals surface area contributed by atoms with E-state index in [9.17, 15) is 9.59 Å². The number of thiocarbonyl (C=S) groups is 1. The molecule has 2 N–H and O–H groups in total. The summed E-state index contributed by atoms with van der Waals surface area (Å²) in [4.78, 5) is 27.2. The number of allylic oxidation sites excluding steroid dienone is 1. The average Bonchev–Trinajstić information content (AvgIpc) is 2.78. The van der Waals surface area contributed by atoms with Gasteiger partial charge < -0.3 is 20.3 Å². The van der Waals surface area contributed by atoms with Crippen LogP contribution in [0.15, 0.2) is 53.7 Å². The maximum absolute atomic E-state index is 12.9. The number of carbonyl (C=O) groups is 2. The first-order valence-electron chi connectivity index (χ1n) is 10.4. The maximum Gasteiger partial charge on any atom is 0.338 e. The number of nitrogens with one attached hydrogen (secondary N) is 2. The van der Waals surface area contributed by atoms with Gasteiger partial charge in [-0.3, -0.25) is 4.79 Å². The third-order valence-electron chi connectivity index (χ3n) is 5.21. The molecule has 0 spiro atoms. The van der Waals surface area contributed by atoms with Crippen molar-refractivity contribution in [1.82, 2.24) is 10.2 Å². The van der Waals surface area contributed by atoms with Gasteiger partial charge in [-0.2, -0.15) is 0 Å². The Kier molecular flexibility index (Phi) is 8.00. The molecule has 0 aliphatic carbocycles. The van der Waals surface area contributed by atoms with Crippen LogP contribution in [0.1, 0.15) is 42.7 Å². The van der Waals surface area contributed by atoms with Crippen LogP contribution in [0.5, 0.6) is 0 Å². The summed E-state index contributed by atoms with van der Waals surface area (Å²) in [5.74, 6) is -0.472. The fraction of sp³-hybridized carbons (Fsp3) is 0.292. The molecule has 174 valence electrons. The Balaban J connectivity index is 1.82. The normalized spacial score (nSPS) is 16.0. The molecule has 1 heterocycles. The largest absolute Gasteiger partial charge is 0.462 e. The number of carbonyl (C=O) groups excluding carboxylic acids is 2. The second-order valence-electron chi connectivity index (χ2n) is 8.14. The zero-order chi connectivity index (χ0) is 24.3. The van der Waals surface area contributed by atoms with Crippen LogP contribution < -0.4 is 10.6 Å². The third kappa shape index (κ3) is 5.85. The minimum atomic E-state index is -0.465. The Labute approximate surface area is 208 Å². The van der Waals surface area contributed by atoms with E-state index < -0.39 is 6.04 Å². The lowest BCUT2D eigenvalue weighted by molar-refractivity contribution is -0.140. The number of nitrogens with zero attached hydrogens (tertiary/aromatic N) is 1. The summed E-state index contributed by atoms with van der Waals surface area (Å²) >= 11 is 17.4. The summed E-state index contributed by atoms with van der Waals surface area (Å²) < 4.78 is 5.51. The van der Waals surface area contributed by atoms with E-state index in [0.717, 1.165) is 11.3 Å². The smallest absolute Gasteiger partial charge is 0.338 e. The van der Waals surface area contributed by atoms with Crippen molar-refractivity contribution >= 4 is 58.1 Å². The Hall–Kier alpha value is -2.61. The number of amides is 1. The van der Waals surface area contributed by atoms with E-state index in [1.807, 2.05) is 32.9 Å². The molecule has 1 aliphatic rings. The van der Waals surface area contributed by atoms with Gasteiger partial charge in [0.2, 0.25) is 0 Å². The van der Waals surface area contributed by atoms with Gasteiger partial charge in [0.1, 0.15) is 0 Å². The van der Waals surface area contributed by atoms with E-state index in [1.54, 1.807) is 36.2 Å². The summed E-state index contributed by atoms with van der Waals surface area (Å²) in [7, 11) is 1.80. The molecular weight excluding hydrogens is 481 g/mol. The standard InChI is InChI=1S/C24H25Cl2N3O3S/c1-13(2)12-32-23(31)20-14(3)29(4)24(33)28-21(20)15-5-8-17(9-6-15)27-22(30)16-7-10-18(25)19(26)11-16/h5-11,13,21H,12H2,1-4H3,(H,27,30)(H,28,33). The van der Waals surface area contributed by atoms with Crippen molar-refractivity contribution in [2.75, 3.05) is 19.0 Å². The topological polar surface area (TPSA) is 70.7 Å². The van der Waals surface area contributed by atoms with E-state index in [0.29, 0.717) is 38.6 Å². The zero-order valence-electron chi connectivity index (χ0n) is 18.7. The number of benzene rings is 2. The van der Waals surface area contributed by atoms with E-state index in [-0.39, 0.29) is 17.8 Å². The van der Waals surface area contributed by atoms with Gasteiger partial charge in [-0.05, 0) is 61.0 Å². The number of esters is 1. The van der Waals surface area contributed by atoms with Gasteiger partial charge in [0.15, 0.2) is 5.11 Å². The Morgan fingerprint density at radius 1 is 1.15 bits per heavy atom. The molecule has 6 nitrogen and oxygen atoms in total. The fourth-order valence-corrected chi connectivity index (χ4v) is 3.82. The molecule has 9 heteroatoms. The number of hydrogen-bond acceptors (Lipinski definition) is 4. The highest BCUT2D eigenvalue weighted by atomic mass is 35.5. The second kappa shape index (κ2) is 10.5. The average molecular weight is 506 g/mol. The van der Waals surface area contributed by atoms with Crippen LogP contribution in [-0.2, 0) is 9.53 Å². The Morgan fingerprint density at radius 3 is 2.42 bits per heavy atom. The van der Waals surface area contributed by atoms with Gasteiger partial charge in [0.25, 0.3) is 5.91 Å². The van der Waals surface area contributed by atoms with Gasteiger partial charge in [-0.15, -0.1) is 0 Å². The molecule has 0 fully saturated rings. The van der Waals surface area contributed by atoms with Gasteiger partial charge in [0, 0.05) is 24.0 Å². The number of ether oxygens (including phenoxy) is 1. The summed E-state index contributed by atoms with van der Waals surface area (Å²) in [5, 5.41) is 7.24. The van der Waals surface area contributed by atoms with Crippen molar-refractivity contribution < 1.29 is 14.3 Å². The van der Waals surface area contributed by atoms with Crippen LogP contribution in [0.2, 0.25) is 10.0 Å². The number of anilines is 1. The molecule has 0 aromatic heterocycles.